The zero-order valence-electron chi connectivity index (χ0n) is 11.9. The average molecular weight is 342 g/mol. The van der Waals surface area contributed by atoms with Gasteiger partial charge in [-0.05, 0) is 77.9 Å². The van der Waals surface area contributed by atoms with Gasteiger partial charge in [0.1, 0.15) is 0 Å². The van der Waals surface area contributed by atoms with Gasteiger partial charge >= 0.3 is 0 Å². The lowest BCUT2D eigenvalue weighted by Gasteiger charge is -2.37. The third-order valence-electron chi connectivity index (χ3n) is 4.93. The number of thiophene rings is 1. The standard InChI is InChI=1S/C16H24BrNS/c1-10-6-7-13(11(2)8-10)18-14-4-3-5-15-12(14)9-16(17)19-15/h9-11,13-14,18H,3-8H2,1-2H3. The van der Waals surface area contributed by atoms with Crippen molar-refractivity contribution in [3.8, 4) is 0 Å². The first-order chi connectivity index (χ1) is 9.13. The molecule has 2 aliphatic carbocycles. The lowest BCUT2D eigenvalue weighted by molar-refractivity contribution is 0.208. The molecule has 1 fully saturated rings. The molecule has 1 aromatic heterocycles. The van der Waals surface area contributed by atoms with Crippen molar-refractivity contribution < 1.29 is 0 Å². The summed E-state index contributed by atoms with van der Waals surface area (Å²) < 4.78 is 1.30. The van der Waals surface area contributed by atoms with E-state index in [1.807, 2.05) is 11.3 Å². The molecule has 106 valence electrons. The summed E-state index contributed by atoms with van der Waals surface area (Å²) in [7, 11) is 0. The van der Waals surface area contributed by atoms with Crippen LogP contribution in [0.4, 0.5) is 0 Å². The van der Waals surface area contributed by atoms with Gasteiger partial charge < -0.3 is 5.32 Å². The molecule has 4 unspecified atom stereocenters. The van der Waals surface area contributed by atoms with Crippen molar-refractivity contribution in [2.45, 2.75) is 64.5 Å². The smallest absolute Gasteiger partial charge is 0.0704 e. The molecule has 0 spiro atoms. The zero-order valence-corrected chi connectivity index (χ0v) is 14.3. The van der Waals surface area contributed by atoms with Crippen LogP contribution in [0.3, 0.4) is 0 Å². The van der Waals surface area contributed by atoms with Gasteiger partial charge in [0.15, 0.2) is 0 Å². The van der Waals surface area contributed by atoms with Gasteiger partial charge in [0.05, 0.1) is 3.79 Å². The predicted molar refractivity (Wildman–Crippen MR) is 86.8 cm³/mol. The van der Waals surface area contributed by atoms with Crippen LogP contribution in [0.25, 0.3) is 0 Å². The number of fused-ring (bicyclic) bond motifs is 1. The molecule has 0 aromatic carbocycles. The summed E-state index contributed by atoms with van der Waals surface area (Å²) in [4.78, 5) is 1.60. The number of aryl methyl sites for hydroxylation is 1. The highest BCUT2D eigenvalue weighted by atomic mass is 79.9. The first-order valence-electron chi connectivity index (χ1n) is 7.67. The van der Waals surface area contributed by atoms with Crippen molar-refractivity contribution in [3.63, 3.8) is 0 Å². The van der Waals surface area contributed by atoms with Gasteiger partial charge in [-0.15, -0.1) is 11.3 Å². The molecule has 1 heterocycles. The first kappa shape index (κ1) is 14.1. The third kappa shape index (κ3) is 3.08. The van der Waals surface area contributed by atoms with Crippen LogP contribution in [-0.4, -0.2) is 6.04 Å². The van der Waals surface area contributed by atoms with E-state index in [0.717, 1.165) is 17.9 Å². The normalized spacial score (nSPS) is 35.1. The topological polar surface area (TPSA) is 12.0 Å². The fraction of sp³-hybridized carbons (Fsp3) is 0.750. The van der Waals surface area contributed by atoms with E-state index in [0.29, 0.717) is 6.04 Å². The molecule has 2 aliphatic rings. The van der Waals surface area contributed by atoms with Crippen LogP contribution in [0.15, 0.2) is 9.85 Å². The zero-order chi connectivity index (χ0) is 13.4. The average Bonchev–Trinajstić information content (AvgIpc) is 2.74. The van der Waals surface area contributed by atoms with E-state index in [9.17, 15) is 0 Å². The summed E-state index contributed by atoms with van der Waals surface area (Å²) in [6.07, 6.45) is 8.09. The first-order valence-corrected chi connectivity index (χ1v) is 9.28. The Morgan fingerprint density at radius 3 is 2.89 bits per heavy atom. The number of hydrogen-bond donors (Lipinski definition) is 1. The van der Waals surface area contributed by atoms with Crippen LogP contribution < -0.4 is 5.32 Å². The highest BCUT2D eigenvalue weighted by Crippen LogP contribution is 2.39. The van der Waals surface area contributed by atoms with Gasteiger partial charge in [-0.25, -0.2) is 0 Å². The van der Waals surface area contributed by atoms with E-state index < -0.39 is 0 Å². The van der Waals surface area contributed by atoms with Crippen LogP contribution in [0.5, 0.6) is 0 Å². The van der Waals surface area contributed by atoms with Crippen LogP contribution >= 0.6 is 27.3 Å². The maximum atomic E-state index is 3.98. The minimum absolute atomic E-state index is 0.604. The minimum atomic E-state index is 0.604. The second-order valence-corrected chi connectivity index (χ2v) is 9.06. The molecule has 1 N–H and O–H groups in total. The van der Waals surface area contributed by atoms with Crippen molar-refractivity contribution in [1.29, 1.82) is 0 Å². The molecule has 0 aliphatic heterocycles. The second kappa shape index (κ2) is 5.87. The maximum absolute atomic E-state index is 3.98. The molecular weight excluding hydrogens is 318 g/mol. The fourth-order valence-corrected chi connectivity index (χ4v) is 5.69. The number of hydrogen-bond acceptors (Lipinski definition) is 2. The van der Waals surface area contributed by atoms with Gasteiger partial charge in [-0.3, -0.25) is 0 Å². The van der Waals surface area contributed by atoms with E-state index in [4.69, 9.17) is 0 Å². The Labute approximate surface area is 129 Å². The Balaban J connectivity index is 1.70. The lowest BCUT2D eigenvalue weighted by atomic mass is 9.79. The SMILES string of the molecule is CC1CCC(NC2CCCc3sc(Br)cc32)C(C)C1. The Bertz CT molecular complexity index is 442. The van der Waals surface area contributed by atoms with Crippen molar-refractivity contribution >= 4 is 27.3 Å². The van der Waals surface area contributed by atoms with Crippen molar-refractivity contribution in [3.05, 3.63) is 20.3 Å². The van der Waals surface area contributed by atoms with Gasteiger partial charge in [0.25, 0.3) is 0 Å². The van der Waals surface area contributed by atoms with Crippen molar-refractivity contribution in [2.75, 3.05) is 0 Å². The predicted octanol–water partition coefficient (Wildman–Crippen LogP) is 5.30. The molecular formula is C16H24BrNS. The molecule has 0 saturated heterocycles. The third-order valence-corrected chi connectivity index (χ3v) is 6.64. The maximum Gasteiger partial charge on any atom is 0.0704 e. The quantitative estimate of drug-likeness (QED) is 0.769. The molecule has 1 aromatic rings. The molecule has 3 heteroatoms. The van der Waals surface area contributed by atoms with Crippen LogP contribution in [0.1, 0.15) is 62.4 Å². The molecule has 4 atom stereocenters. The van der Waals surface area contributed by atoms with E-state index in [1.54, 1.807) is 10.4 Å². The highest BCUT2D eigenvalue weighted by Gasteiger charge is 2.30. The largest absolute Gasteiger partial charge is 0.307 e. The van der Waals surface area contributed by atoms with Crippen molar-refractivity contribution in [1.82, 2.24) is 5.32 Å². The lowest BCUT2D eigenvalue weighted by Crippen LogP contribution is -2.41. The summed E-state index contributed by atoms with van der Waals surface area (Å²) in [5.74, 6) is 1.75. The van der Waals surface area contributed by atoms with Crippen molar-refractivity contribution in [2.24, 2.45) is 11.8 Å². The van der Waals surface area contributed by atoms with E-state index in [1.165, 1.54) is 42.3 Å². The molecule has 1 saturated carbocycles. The van der Waals surface area contributed by atoms with Crippen LogP contribution in [-0.2, 0) is 6.42 Å². The van der Waals surface area contributed by atoms with Gasteiger partial charge in [0.2, 0.25) is 0 Å². The summed E-state index contributed by atoms with van der Waals surface area (Å²) >= 11 is 5.59. The summed E-state index contributed by atoms with van der Waals surface area (Å²) in [6, 6.07) is 3.69. The Hall–Kier alpha value is 0.140. The number of rotatable bonds is 2. The van der Waals surface area contributed by atoms with Gasteiger partial charge in [0, 0.05) is 17.0 Å². The molecule has 0 radical (unpaired) electrons. The molecule has 19 heavy (non-hydrogen) atoms. The summed E-state index contributed by atoms with van der Waals surface area (Å²) in [5, 5.41) is 3.98. The highest BCUT2D eigenvalue weighted by molar-refractivity contribution is 9.11. The molecule has 0 amide bonds. The molecule has 0 bridgehead atoms. The van der Waals surface area contributed by atoms with Crippen LogP contribution in [0.2, 0.25) is 0 Å². The molecule has 1 nitrogen and oxygen atoms in total. The number of halogens is 1. The Kier molecular flexibility index (Phi) is 4.35. The minimum Gasteiger partial charge on any atom is -0.307 e. The molecule has 3 rings (SSSR count). The second-order valence-electron chi connectivity index (χ2n) is 6.54. The van der Waals surface area contributed by atoms with E-state index >= 15 is 0 Å². The Morgan fingerprint density at radius 1 is 1.26 bits per heavy atom. The van der Waals surface area contributed by atoms with Crippen LogP contribution in [0, 0.1) is 11.8 Å². The van der Waals surface area contributed by atoms with Gasteiger partial charge in [-0.1, -0.05) is 13.8 Å². The fourth-order valence-electron chi connectivity index (χ4n) is 3.87. The van der Waals surface area contributed by atoms with E-state index in [2.05, 4.69) is 41.2 Å². The van der Waals surface area contributed by atoms with E-state index in [-0.39, 0.29) is 0 Å². The van der Waals surface area contributed by atoms with Gasteiger partial charge in [-0.2, -0.15) is 0 Å². The summed E-state index contributed by atoms with van der Waals surface area (Å²) in [6.45, 7) is 4.84. The Morgan fingerprint density at radius 2 is 2.11 bits per heavy atom. The summed E-state index contributed by atoms with van der Waals surface area (Å²) in [5.41, 5.74) is 1.58. The number of nitrogens with one attached hydrogen (secondary N) is 1. The monoisotopic (exact) mass is 341 g/mol.